The fourth-order valence-corrected chi connectivity index (χ4v) is 3.39. The van der Waals surface area contributed by atoms with Crippen molar-refractivity contribution in [2.45, 2.75) is 51.6 Å². The number of nitro benzene ring substituents is 1. The molecule has 2 rings (SSSR count). The predicted octanol–water partition coefficient (Wildman–Crippen LogP) is 3.57. The Labute approximate surface area is 162 Å². The third kappa shape index (κ3) is 4.40. The fraction of sp³-hybridized carbons (Fsp3) is 0.579. The van der Waals surface area contributed by atoms with Gasteiger partial charge < -0.3 is 14.4 Å². The molecular weight excluding hydrogens is 371 g/mol. The van der Waals surface area contributed by atoms with Gasteiger partial charge in [-0.3, -0.25) is 14.9 Å². The number of rotatable bonds is 4. The molecule has 0 N–H and O–H groups in total. The number of esters is 1. The Bertz CT molecular complexity index is 776. The van der Waals surface area contributed by atoms with Crippen molar-refractivity contribution in [3.05, 3.63) is 39.7 Å². The smallest absolute Gasteiger partial charge is 0.410 e. The summed E-state index contributed by atoms with van der Waals surface area (Å²) in [5, 5.41) is 11.5. The van der Waals surface area contributed by atoms with Crippen LogP contribution >= 0.6 is 0 Å². The minimum Gasteiger partial charge on any atom is -0.465 e. The van der Waals surface area contributed by atoms with Gasteiger partial charge in [0.15, 0.2) is 0 Å². The summed E-state index contributed by atoms with van der Waals surface area (Å²) in [6.07, 6.45) is -0.0684. The maximum atomic E-state index is 14.3. The SMILES string of the molecule is CCOC(=O)C1(c2cccc(F)c2[N+](=O)[O-])CCCN(C(=O)OC(C)(C)C)C1. The average Bonchev–Trinajstić information content (AvgIpc) is 2.60. The number of carbonyl (C=O) groups is 2. The van der Waals surface area contributed by atoms with Crippen LogP contribution in [0.15, 0.2) is 18.2 Å². The van der Waals surface area contributed by atoms with E-state index in [4.69, 9.17) is 9.47 Å². The van der Waals surface area contributed by atoms with E-state index in [0.717, 1.165) is 6.07 Å². The number of hydrogen-bond donors (Lipinski definition) is 0. The molecule has 1 unspecified atom stereocenters. The number of amides is 1. The molecule has 1 aromatic rings. The lowest BCUT2D eigenvalue weighted by Crippen LogP contribution is -2.54. The molecule has 1 heterocycles. The zero-order valence-corrected chi connectivity index (χ0v) is 16.5. The molecule has 28 heavy (non-hydrogen) atoms. The third-order valence-corrected chi connectivity index (χ3v) is 4.50. The third-order valence-electron chi connectivity index (χ3n) is 4.50. The first-order chi connectivity index (χ1) is 13.0. The zero-order valence-electron chi connectivity index (χ0n) is 16.5. The molecule has 1 atom stereocenters. The van der Waals surface area contributed by atoms with Gasteiger partial charge >= 0.3 is 17.7 Å². The summed E-state index contributed by atoms with van der Waals surface area (Å²) in [4.78, 5) is 37.4. The number of carbonyl (C=O) groups excluding carboxylic acids is 2. The van der Waals surface area contributed by atoms with E-state index < -0.39 is 39.5 Å². The maximum absolute atomic E-state index is 14.3. The standard InChI is InChI=1S/C19H25FN2O6/c1-5-27-16(23)19(13-8-6-9-14(20)15(13)22(25)26)10-7-11-21(12-19)17(24)28-18(2,3)4/h6,8-9H,5,7,10-12H2,1-4H3. The highest BCUT2D eigenvalue weighted by molar-refractivity contribution is 5.86. The summed E-state index contributed by atoms with van der Waals surface area (Å²) in [5.41, 5.74) is -3.16. The minimum atomic E-state index is -1.55. The van der Waals surface area contributed by atoms with Gasteiger partial charge in [0.1, 0.15) is 11.0 Å². The number of likely N-dealkylation sites (tertiary alicyclic amines) is 1. The number of nitrogens with zero attached hydrogens (tertiary/aromatic N) is 2. The van der Waals surface area contributed by atoms with Gasteiger partial charge in [0.25, 0.3) is 0 Å². The second kappa shape index (κ2) is 8.12. The molecule has 0 spiro atoms. The Morgan fingerprint density at radius 2 is 2.04 bits per heavy atom. The van der Waals surface area contributed by atoms with Crippen LogP contribution in [0.25, 0.3) is 0 Å². The quantitative estimate of drug-likeness (QED) is 0.438. The molecule has 1 aromatic carbocycles. The lowest BCUT2D eigenvalue weighted by atomic mass is 9.73. The Hall–Kier alpha value is -2.71. The molecule has 0 radical (unpaired) electrons. The molecule has 1 amide bonds. The second-order valence-electron chi connectivity index (χ2n) is 7.70. The molecule has 8 nitrogen and oxygen atoms in total. The van der Waals surface area contributed by atoms with Crippen molar-refractivity contribution in [3.63, 3.8) is 0 Å². The van der Waals surface area contributed by atoms with Gasteiger partial charge in [-0.15, -0.1) is 0 Å². The van der Waals surface area contributed by atoms with Crippen LogP contribution in [-0.4, -0.2) is 47.2 Å². The van der Waals surface area contributed by atoms with Crippen LogP contribution in [0.3, 0.4) is 0 Å². The average molecular weight is 396 g/mol. The molecule has 1 aliphatic heterocycles. The van der Waals surface area contributed by atoms with Gasteiger partial charge in [-0.25, -0.2) is 4.79 Å². The molecule has 1 saturated heterocycles. The lowest BCUT2D eigenvalue weighted by Gasteiger charge is -2.41. The Balaban J connectivity index is 2.54. The van der Waals surface area contributed by atoms with Crippen molar-refractivity contribution in [2.24, 2.45) is 0 Å². The highest BCUT2D eigenvalue weighted by Crippen LogP contribution is 2.41. The monoisotopic (exact) mass is 396 g/mol. The van der Waals surface area contributed by atoms with Crippen molar-refractivity contribution in [1.82, 2.24) is 4.90 Å². The molecule has 0 aliphatic carbocycles. The summed E-state index contributed by atoms with van der Waals surface area (Å²) >= 11 is 0. The normalized spacial score (nSPS) is 19.8. The molecule has 1 fully saturated rings. The van der Waals surface area contributed by atoms with Crippen LogP contribution in [0.2, 0.25) is 0 Å². The van der Waals surface area contributed by atoms with Gasteiger partial charge in [0.05, 0.1) is 17.1 Å². The second-order valence-corrected chi connectivity index (χ2v) is 7.70. The van der Waals surface area contributed by atoms with Crippen LogP contribution in [-0.2, 0) is 19.7 Å². The van der Waals surface area contributed by atoms with E-state index in [1.807, 2.05) is 0 Å². The zero-order chi connectivity index (χ0) is 21.1. The van der Waals surface area contributed by atoms with Crippen molar-refractivity contribution in [1.29, 1.82) is 0 Å². The minimum absolute atomic E-state index is 0.0517. The van der Waals surface area contributed by atoms with Crippen molar-refractivity contribution >= 4 is 17.7 Å². The summed E-state index contributed by atoms with van der Waals surface area (Å²) in [6, 6.07) is 3.62. The van der Waals surface area contributed by atoms with Crippen molar-refractivity contribution in [3.8, 4) is 0 Å². The van der Waals surface area contributed by atoms with E-state index in [1.165, 1.54) is 17.0 Å². The summed E-state index contributed by atoms with van der Waals surface area (Å²) in [5.74, 6) is -1.77. The van der Waals surface area contributed by atoms with Crippen LogP contribution < -0.4 is 0 Å². The molecule has 9 heteroatoms. The number of halogens is 1. The number of hydrogen-bond acceptors (Lipinski definition) is 6. The van der Waals surface area contributed by atoms with E-state index in [1.54, 1.807) is 27.7 Å². The lowest BCUT2D eigenvalue weighted by molar-refractivity contribution is -0.388. The van der Waals surface area contributed by atoms with Crippen molar-refractivity contribution < 1.29 is 28.4 Å². The number of piperidine rings is 1. The van der Waals surface area contributed by atoms with Gasteiger partial charge in [0, 0.05) is 13.1 Å². The molecule has 0 bridgehead atoms. The van der Waals surface area contributed by atoms with Gasteiger partial charge in [-0.1, -0.05) is 12.1 Å². The van der Waals surface area contributed by atoms with Crippen LogP contribution in [0.4, 0.5) is 14.9 Å². The first-order valence-corrected chi connectivity index (χ1v) is 9.10. The predicted molar refractivity (Wildman–Crippen MR) is 98.4 cm³/mol. The molecular formula is C19H25FN2O6. The first-order valence-electron chi connectivity index (χ1n) is 9.10. The van der Waals surface area contributed by atoms with Crippen molar-refractivity contribution in [2.75, 3.05) is 19.7 Å². The molecule has 1 aliphatic rings. The molecule has 154 valence electrons. The number of para-hydroxylation sites is 1. The van der Waals surface area contributed by atoms with E-state index >= 15 is 0 Å². The van der Waals surface area contributed by atoms with Gasteiger partial charge in [0.2, 0.25) is 5.82 Å². The van der Waals surface area contributed by atoms with E-state index in [-0.39, 0.29) is 25.1 Å². The van der Waals surface area contributed by atoms with E-state index in [0.29, 0.717) is 13.0 Å². The molecule has 0 saturated carbocycles. The number of nitro groups is 1. The Morgan fingerprint density at radius 3 is 2.61 bits per heavy atom. The topological polar surface area (TPSA) is 99.0 Å². The Kier molecular flexibility index (Phi) is 6.26. The number of ether oxygens (including phenoxy) is 2. The van der Waals surface area contributed by atoms with Gasteiger partial charge in [-0.2, -0.15) is 4.39 Å². The summed E-state index contributed by atoms with van der Waals surface area (Å²) in [6.45, 7) is 6.93. The Morgan fingerprint density at radius 1 is 1.36 bits per heavy atom. The van der Waals surface area contributed by atoms with Crippen LogP contribution in [0, 0.1) is 15.9 Å². The highest BCUT2D eigenvalue weighted by atomic mass is 19.1. The fourth-order valence-electron chi connectivity index (χ4n) is 3.39. The summed E-state index contributed by atoms with van der Waals surface area (Å²) < 4.78 is 24.8. The van der Waals surface area contributed by atoms with Crippen LogP contribution in [0.1, 0.15) is 46.1 Å². The largest absolute Gasteiger partial charge is 0.465 e. The highest BCUT2D eigenvalue weighted by Gasteiger charge is 2.50. The number of benzene rings is 1. The van der Waals surface area contributed by atoms with Crippen LogP contribution in [0.5, 0.6) is 0 Å². The van der Waals surface area contributed by atoms with E-state index in [9.17, 15) is 24.1 Å². The van der Waals surface area contributed by atoms with Gasteiger partial charge in [-0.05, 0) is 46.6 Å². The maximum Gasteiger partial charge on any atom is 0.410 e. The van der Waals surface area contributed by atoms with E-state index in [2.05, 4.69) is 0 Å². The summed E-state index contributed by atoms with van der Waals surface area (Å²) in [7, 11) is 0. The first kappa shape index (κ1) is 21.6. The molecule has 0 aromatic heterocycles.